The summed E-state index contributed by atoms with van der Waals surface area (Å²) in [6.07, 6.45) is 5.05. The summed E-state index contributed by atoms with van der Waals surface area (Å²) in [5.74, 6) is 1.87. The van der Waals surface area contributed by atoms with Gasteiger partial charge in [0.05, 0.1) is 6.04 Å². The minimum atomic E-state index is -0.220. The Morgan fingerprint density at radius 3 is 2.72 bits per heavy atom. The number of carbonyl (C=O) groups is 2. The number of hydrogen-bond donors (Lipinski definition) is 1. The van der Waals surface area contributed by atoms with Crippen LogP contribution >= 0.6 is 0 Å². The van der Waals surface area contributed by atoms with Crippen molar-refractivity contribution in [1.82, 2.24) is 15.2 Å². The van der Waals surface area contributed by atoms with E-state index in [1.807, 2.05) is 35.2 Å². The average molecular weight is 488 g/mol. The van der Waals surface area contributed by atoms with Crippen molar-refractivity contribution in [2.75, 3.05) is 13.1 Å². The lowest BCUT2D eigenvalue weighted by molar-refractivity contribution is -0.134. The minimum absolute atomic E-state index is 0.112. The van der Waals surface area contributed by atoms with E-state index in [-0.39, 0.29) is 30.2 Å². The first-order chi connectivity index (χ1) is 17.5. The van der Waals surface area contributed by atoms with Crippen LogP contribution in [0.25, 0.3) is 0 Å². The van der Waals surface area contributed by atoms with Crippen molar-refractivity contribution >= 4 is 11.8 Å². The van der Waals surface area contributed by atoms with Crippen molar-refractivity contribution in [3.05, 3.63) is 83.1 Å². The van der Waals surface area contributed by atoms with Gasteiger partial charge in [-0.15, -0.1) is 0 Å². The Labute approximate surface area is 211 Å². The van der Waals surface area contributed by atoms with Crippen LogP contribution in [0, 0.1) is 11.8 Å². The number of rotatable bonds is 9. The molecule has 1 atom stereocenters. The maximum Gasteiger partial charge on any atom is 0.273 e. The lowest BCUT2D eigenvalue weighted by atomic mass is 9.87. The van der Waals surface area contributed by atoms with Gasteiger partial charge in [0.1, 0.15) is 12.0 Å². The van der Waals surface area contributed by atoms with Crippen LogP contribution in [0.3, 0.4) is 0 Å². The molecule has 5 rings (SSSR count). The molecule has 1 saturated carbocycles. The van der Waals surface area contributed by atoms with E-state index >= 15 is 0 Å². The molecular formula is C29H33N3O4. The highest BCUT2D eigenvalue weighted by atomic mass is 16.5. The Morgan fingerprint density at radius 1 is 1.17 bits per heavy atom. The molecule has 7 heteroatoms. The van der Waals surface area contributed by atoms with E-state index in [0.29, 0.717) is 43.0 Å². The van der Waals surface area contributed by atoms with Gasteiger partial charge in [0.25, 0.3) is 5.91 Å². The fourth-order valence-corrected chi connectivity index (χ4v) is 4.69. The predicted octanol–water partition coefficient (Wildman–Crippen LogP) is 4.91. The summed E-state index contributed by atoms with van der Waals surface area (Å²) in [5.41, 5.74) is 3.65. The summed E-state index contributed by atoms with van der Waals surface area (Å²) in [6.45, 7) is 5.64. The molecule has 1 N–H and O–H groups in total. The Balaban J connectivity index is 1.32. The number of amides is 2. The molecule has 188 valence electrons. The molecule has 7 nitrogen and oxygen atoms in total. The third-order valence-corrected chi connectivity index (χ3v) is 6.76. The maximum absolute atomic E-state index is 13.2. The van der Waals surface area contributed by atoms with Crippen LogP contribution in [0.1, 0.15) is 72.2 Å². The number of benzene rings is 2. The normalized spacial score (nSPS) is 17.1. The predicted molar refractivity (Wildman–Crippen MR) is 135 cm³/mol. The molecule has 0 radical (unpaired) electrons. The summed E-state index contributed by atoms with van der Waals surface area (Å²) in [5, 5.41) is 2.89. The number of carbonyl (C=O) groups excluding carboxylic acids is 2. The molecule has 2 aromatic carbocycles. The van der Waals surface area contributed by atoms with Crippen molar-refractivity contribution in [3.63, 3.8) is 0 Å². The van der Waals surface area contributed by atoms with Crippen molar-refractivity contribution in [2.45, 2.75) is 52.2 Å². The molecule has 1 aliphatic heterocycles. The molecule has 1 unspecified atom stereocenters. The second-order valence-electron chi connectivity index (χ2n) is 10.2. The van der Waals surface area contributed by atoms with E-state index in [0.717, 1.165) is 17.5 Å². The Hall–Kier alpha value is -3.61. The van der Waals surface area contributed by atoms with Gasteiger partial charge < -0.3 is 19.4 Å². The molecule has 2 aliphatic rings. The largest absolute Gasteiger partial charge is 0.484 e. The Kier molecular flexibility index (Phi) is 7.07. The first-order valence-corrected chi connectivity index (χ1v) is 12.8. The number of nitrogens with one attached hydrogen (secondary N) is 1. The number of fused-ring (bicyclic) bond motifs is 1. The van der Waals surface area contributed by atoms with Gasteiger partial charge in [0.2, 0.25) is 11.8 Å². The molecule has 1 aromatic heterocycles. The van der Waals surface area contributed by atoms with Crippen molar-refractivity contribution in [2.24, 2.45) is 11.8 Å². The zero-order chi connectivity index (χ0) is 25.1. The molecule has 3 aromatic rings. The smallest absolute Gasteiger partial charge is 0.273 e. The third kappa shape index (κ3) is 5.61. The van der Waals surface area contributed by atoms with Crippen LogP contribution in [0.5, 0.6) is 5.75 Å². The van der Waals surface area contributed by atoms with Crippen LogP contribution in [0.4, 0.5) is 0 Å². The second kappa shape index (κ2) is 10.6. The molecule has 1 fully saturated rings. The average Bonchev–Trinajstić information content (AvgIpc) is 3.59. The summed E-state index contributed by atoms with van der Waals surface area (Å²) in [6, 6.07) is 16.0. The van der Waals surface area contributed by atoms with Crippen LogP contribution in [-0.2, 0) is 17.8 Å². The van der Waals surface area contributed by atoms with Crippen molar-refractivity contribution < 1.29 is 18.7 Å². The molecule has 2 heterocycles. The molecule has 1 aliphatic carbocycles. The summed E-state index contributed by atoms with van der Waals surface area (Å²) >= 11 is 0. The van der Waals surface area contributed by atoms with E-state index in [2.05, 4.69) is 42.3 Å². The molecule has 36 heavy (non-hydrogen) atoms. The molecule has 0 bridgehead atoms. The second-order valence-corrected chi connectivity index (χ2v) is 10.2. The number of aromatic nitrogens is 1. The van der Waals surface area contributed by atoms with Gasteiger partial charge in [-0.05, 0) is 59.9 Å². The fraction of sp³-hybridized carbons (Fsp3) is 0.414. The van der Waals surface area contributed by atoms with Gasteiger partial charge in [-0.25, -0.2) is 4.98 Å². The summed E-state index contributed by atoms with van der Waals surface area (Å²) in [7, 11) is 0. The number of nitrogens with zero attached hydrogens (tertiary/aromatic N) is 2. The standard InChI is InChI=1S/C29H33N3O4/c1-19(2)14-27(33)32-13-12-21-10-11-23(15-24(21)28(32)22-6-4-3-5-7-22)35-18-26-31-25(17-36-26)29(34)30-16-20-8-9-20/h3-7,10-11,15,17,19-20,28H,8-9,12-14,16,18H2,1-2H3,(H,30,34). The molecule has 2 amide bonds. The van der Waals surface area contributed by atoms with Gasteiger partial charge in [-0.1, -0.05) is 50.2 Å². The van der Waals surface area contributed by atoms with Crippen LogP contribution in [0.15, 0.2) is 59.2 Å². The van der Waals surface area contributed by atoms with Gasteiger partial charge >= 0.3 is 0 Å². The zero-order valence-electron chi connectivity index (χ0n) is 20.9. The van der Waals surface area contributed by atoms with Crippen LogP contribution in [0.2, 0.25) is 0 Å². The topological polar surface area (TPSA) is 84.7 Å². The molecule has 0 saturated heterocycles. The third-order valence-electron chi connectivity index (χ3n) is 6.76. The van der Waals surface area contributed by atoms with Gasteiger partial charge in [0.15, 0.2) is 12.3 Å². The number of oxazole rings is 1. The monoisotopic (exact) mass is 487 g/mol. The van der Waals surface area contributed by atoms with E-state index in [1.54, 1.807) is 0 Å². The van der Waals surface area contributed by atoms with E-state index in [4.69, 9.17) is 9.15 Å². The lowest BCUT2D eigenvalue weighted by Crippen LogP contribution is -2.41. The highest BCUT2D eigenvalue weighted by molar-refractivity contribution is 5.91. The van der Waals surface area contributed by atoms with E-state index in [9.17, 15) is 9.59 Å². The van der Waals surface area contributed by atoms with E-state index < -0.39 is 0 Å². The Bertz CT molecular complexity index is 1220. The quantitative estimate of drug-likeness (QED) is 0.463. The zero-order valence-corrected chi connectivity index (χ0v) is 20.9. The fourth-order valence-electron chi connectivity index (χ4n) is 4.69. The SMILES string of the molecule is CC(C)CC(=O)N1CCc2ccc(OCc3nc(C(=O)NCC4CC4)co3)cc2C1c1ccccc1. The van der Waals surface area contributed by atoms with Gasteiger partial charge in [-0.3, -0.25) is 9.59 Å². The molecule has 0 spiro atoms. The highest BCUT2D eigenvalue weighted by Gasteiger charge is 2.32. The molecular weight excluding hydrogens is 454 g/mol. The summed E-state index contributed by atoms with van der Waals surface area (Å²) in [4.78, 5) is 31.7. The van der Waals surface area contributed by atoms with Crippen LogP contribution in [-0.4, -0.2) is 34.8 Å². The number of ether oxygens (including phenoxy) is 1. The maximum atomic E-state index is 13.2. The minimum Gasteiger partial charge on any atom is -0.484 e. The van der Waals surface area contributed by atoms with Gasteiger partial charge in [0, 0.05) is 19.5 Å². The summed E-state index contributed by atoms with van der Waals surface area (Å²) < 4.78 is 11.5. The van der Waals surface area contributed by atoms with E-state index in [1.165, 1.54) is 24.7 Å². The lowest BCUT2D eigenvalue weighted by Gasteiger charge is -2.38. The first kappa shape index (κ1) is 24.1. The number of hydrogen-bond acceptors (Lipinski definition) is 5. The van der Waals surface area contributed by atoms with Gasteiger partial charge in [-0.2, -0.15) is 0 Å². The van der Waals surface area contributed by atoms with Crippen molar-refractivity contribution in [3.8, 4) is 5.75 Å². The highest BCUT2D eigenvalue weighted by Crippen LogP contribution is 2.38. The first-order valence-electron chi connectivity index (χ1n) is 12.8. The van der Waals surface area contributed by atoms with Crippen LogP contribution < -0.4 is 10.1 Å². The van der Waals surface area contributed by atoms with Crippen molar-refractivity contribution in [1.29, 1.82) is 0 Å². The Morgan fingerprint density at radius 2 is 1.97 bits per heavy atom.